The van der Waals surface area contributed by atoms with E-state index in [-0.39, 0.29) is 0 Å². The van der Waals surface area contributed by atoms with E-state index in [4.69, 9.17) is 16.3 Å². The summed E-state index contributed by atoms with van der Waals surface area (Å²) in [5.41, 5.74) is 2.82. The van der Waals surface area contributed by atoms with Crippen molar-refractivity contribution in [3.63, 3.8) is 0 Å². The van der Waals surface area contributed by atoms with E-state index in [1.165, 1.54) is 0 Å². The van der Waals surface area contributed by atoms with E-state index >= 15 is 0 Å². The van der Waals surface area contributed by atoms with E-state index in [1.54, 1.807) is 0 Å². The van der Waals surface area contributed by atoms with Gasteiger partial charge in [0.15, 0.2) is 5.75 Å². The van der Waals surface area contributed by atoms with Crippen LogP contribution in [0.15, 0.2) is 6.07 Å². The smallest absolute Gasteiger partial charge is 0.155 e. The van der Waals surface area contributed by atoms with Gasteiger partial charge < -0.3 is 4.74 Å². The Morgan fingerprint density at radius 1 is 1.61 bits per heavy atom. The number of halogens is 2. The third-order valence-corrected chi connectivity index (χ3v) is 4.50. The van der Waals surface area contributed by atoms with Gasteiger partial charge in [-0.3, -0.25) is 0 Å². The van der Waals surface area contributed by atoms with Gasteiger partial charge in [0, 0.05) is 4.83 Å². The zero-order valence-corrected chi connectivity index (χ0v) is 12.6. The van der Waals surface area contributed by atoms with Gasteiger partial charge >= 0.3 is 0 Å². The standard InChI is InChI=1S/C14H15BrClNO/c1-2-6-18-14-9(8-17)7-11-10(13(14)16)4-3-5-12(11)15/h7,12H,2-6H2,1H3. The van der Waals surface area contributed by atoms with Crippen LogP contribution in [-0.2, 0) is 6.42 Å². The lowest BCUT2D eigenvalue weighted by atomic mass is 9.90. The van der Waals surface area contributed by atoms with E-state index in [2.05, 4.69) is 22.0 Å². The maximum atomic E-state index is 9.23. The minimum atomic E-state index is 0.297. The van der Waals surface area contributed by atoms with Crippen molar-refractivity contribution in [2.75, 3.05) is 6.61 Å². The molecule has 0 bridgehead atoms. The third kappa shape index (κ3) is 2.50. The Hall–Kier alpha value is -0.720. The molecule has 0 spiro atoms. The van der Waals surface area contributed by atoms with Crippen LogP contribution in [0.3, 0.4) is 0 Å². The molecule has 0 aliphatic heterocycles. The summed E-state index contributed by atoms with van der Waals surface area (Å²) in [6.07, 6.45) is 4.06. The van der Waals surface area contributed by atoms with Crippen molar-refractivity contribution >= 4 is 27.5 Å². The molecule has 0 radical (unpaired) electrons. The minimum Gasteiger partial charge on any atom is -0.491 e. The molecule has 96 valence electrons. The van der Waals surface area contributed by atoms with Crippen LogP contribution in [0.4, 0.5) is 0 Å². The Kier molecular flexibility index (Phi) is 4.53. The topological polar surface area (TPSA) is 33.0 Å². The van der Waals surface area contributed by atoms with Crippen molar-refractivity contribution in [3.8, 4) is 11.8 Å². The van der Waals surface area contributed by atoms with Crippen LogP contribution in [0.25, 0.3) is 0 Å². The summed E-state index contributed by atoms with van der Waals surface area (Å²) >= 11 is 10.1. The lowest BCUT2D eigenvalue weighted by Crippen LogP contribution is -2.09. The van der Waals surface area contributed by atoms with E-state index in [1.807, 2.05) is 13.0 Å². The molecule has 2 rings (SSSR count). The van der Waals surface area contributed by atoms with Gasteiger partial charge in [0.25, 0.3) is 0 Å². The summed E-state index contributed by atoms with van der Waals surface area (Å²) in [7, 11) is 0. The number of fused-ring (bicyclic) bond motifs is 1. The predicted octanol–water partition coefficient (Wildman–Crippen LogP) is 4.77. The Labute approximate surface area is 121 Å². The molecule has 0 saturated carbocycles. The average Bonchev–Trinajstić information content (AvgIpc) is 2.38. The van der Waals surface area contributed by atoms with E-state index in [9.17, 15) is 5.26 Å². The molecule has 0 heterocycles. The van der Waals surface area contributed by atoms with Gasteiger partial charge in [0.1, 0.15) is 6.07 Å². The van der Waals surface area contributed by atoms with Gasteiger partial charge in [-0.2, -0.15) is 5.26 Å². The summed E-state index contributed by atoms with van der Waals surface area (Å²) in [5.74, 6) is 0.557. The molecule has 0 N–H and O–H groups in total. The molecule has 1 aliphatic rings. The predicted molar refractivity (Wildman–Crippen MR) is 76.6 cm³/mol. The van der Waals surface area contributed by atoms with Crippen LogP contribution in [-0.4, -0.2) is 6.61 Å². The first-order valence-corrected chi connectivity index (χ1v) is 7.50. The molecule has 18 heavy (non-hydrogen) atoms. The first-order valence-electron chi connectivity index (χ1n) is 6.21. The van der Waals surface area contributed by atoms with E-state index in [0.29, 0.717) is 27.8 Å². The molecule has 4 heteroatoms. The molecular formula is C14H15BrClNO. The van der Waals surface area contributed by atoms with Gasteiger partial charge in [0.05, 0.1) is 17.2 Å². The average molecular weight is 329 g/mol. The van der Waals surface area contributed by atoms with Gasteiger partial charge in [0.2, 0.25) is 0 Å². The second kappa shape index (κ2) is 5.95. The van der Waals surface area contributed by atoms with Crippen molar-refractivity contribution in [2.24, 2.45) is 0 Å². The number of alkyl halides is 1. The van der Waals surface area contributed by atoms with Gasteiger partial charge in [-0.25, -0.2) is 0 Å². The van der Waals surface area contributed by atoms with Crippen LogP contribution in [0.2, 0.25) is 5.02 Å². The quantitative estimate of drug-likeness (QED) is 0.749. The van der Waals surface area contributed by atoms with Crippen LogP contribution < -0.4 is 4.74 Å². The highest BCUT2D eigenvalue weighted by Gasteiger charge is 2.24. The van der Waals surface area contributed by atoms with Crippen LogP contribution in [0.5, 0.6) is 5.75 Å². The van der Waals surface area contributed by atoms with Crippen molar-refractivity contribution in [1.29, 1.82) is 5.26 Å². The zero-order valence-electron chi connectivity index (χ0n) is 10.3. The van der Waals surface area contributed by atoms with E-state index in [0.717, 1.165) is 36.8 Å². The van der Waals surface area contributed by atoms with Crippen LogP contribution in [0, 0.1) is 11.3 Å². The van der Waals surface area contributed by atoms with Gasteiger partial charge in [-0.15, -0.1) is 0 Å². The van der Waals surface area contributed by atoms with Crippen LogP contribution in [0.1, 0.15) is 47.7 Å². The fourth-order valence-electron chi connectivity index (χ4n) is 2.27. The highest BCUT2D eigenvalue weighted by molar-refractivity contribution is 9.09. The first kappa shape index (κ1) is 13.7. The molecule has 1 unspecified atom stereocenters. The van der Waals surface area contributed by atoms with Gasteiger partial charge in [-0.05, 0) is 42.9 Å². The molecule has 0 fully saturated rings. The molecule has 0 aromatic heterocycles. The maximum absolute atomic E-state index is 9.23. The molecule has 1 aliphatic carbocycles. The molecule has 2 nitrogen and oxygen atoms in total. The summed E-state index contributed by atoms with van der Waals surface area (Å²) in [4.78, 5) is 0.297. The van der Waals surface area contributed by atoms with Crippen molar-refractivity contribution in [2.45, 2.75) is 37.4 Å². The second-order valence-corrected chi connectivity index (χ2v) is 5.94. The monoisotopic (exact) mass is 327 g/mol. The number of ether oxygens (including phenoxy) is 1. The van der Waals surface area contributed by atoms with Crippen LogP contribution >= 0.6 is 27.5 Å². The molecule has 0 amide bonds. The number of nitrogens with zero attached hydrogens (tertiary/aromatic N) is 1. The Morgan fingerprint density at radius 3 is 3.06 bits per heavy atom. The maximum Gasteiger partial charge on any atom is 0.155 e. The number of benzene rings is 1. The molecular weight excluding hydrogens is 314 g/mol. The highest BCUT2D eigenvalue weighted by atomic mass is 79.9. The lowest BCUT2D eigenvalue weighted by Gasteiger charge is -2.24. The molecule has 1 aromatic carbocycles. The minimum absolute atomic E-state index is 0.297. The normalized spacial score (nSPS) is 18.0. The first-order chi connectivity index (χ1) is 8.69. The number of rotatable bonds is 3. The van der Waals surface area contributed by atoms with Crippen molar-refractivity contribution in [1.82, 2.24) is 0 Å². The van der Waals surface area contributed by atoms with Gasteiger partial charge in [-0.1, -0.05) is 34.5 Å². The summed E-state index contributed by atoms with van der Waals surface area (Å²) < 4.78 is 5.64. The molecule has 1 atom stereocenters. The highest BCUT2D eigenvalue weighted by Crippen LogP contribution is 2.44. The lowest BCUT2D eigenvalue weighted by molar-refractivity contribution is 0.316. The Bertz CT molecular complexity index is 496. The zero-order chi connectivity index (χ0) is 13.1. The largest absolute Gasteiger partial charge is 0.491 e. The Balaban J connectivity index is 2.51. The second-order valence-electron chi connectivity index (χ2n) is 4.46. The van der Waals surface area contributed by atoms with Crippen molar-refractivity contribution < 1.29 is 4.74 Å². The fraction of sp³-hybridized carbons (Fsp3) is 0.500. The molecule has 1 aromatic rings. The number of hydrogen-bond donors (Lipinski definition) is 0. The van der Waals surface area contributed by atoms with Crippen molar-refractivity contribution in [3.05, 3.63) is 27.8 Å². The number of hydrogen-bond acceptors (Lipinski definition) is 2. The summed E-state index contributed by atoms with van der Waals surface area (Å²) in [6.45, 7) is 2.62. The van der Waals surface area contributed by atoms with E-state index < -0.39 is 0 Å². The summed E-state index contributed by atoms with van der Waals surface area (Å²) in [5, 5.41) is 9.85. The number of nitriles is 1. The Morgan fingerprint density at radius 2 is 2.39 bits per heavy atom. The summed E-state index contributed by atoms with van der Waals surface area (Å²) in [6, 6.07) is 4.11. The third-order valence-electron chi connectivity index (χ3n) is 3.15. The molecule has 0 saturated heterocycles. The fourth-order valence-corrected chi connectivity index (χ4v) is 3.36. The SMILES string of the molecule is CCCOc1c(C#N)cc2c(c1Cl)CCCC2Br.